The molecule has 1 aliphatic rings. The molecule has 3 nitrogen and oxygen atoms in total. The van der Waals surface area contributed by atoms with Crippen LogP contribution in [0.1, 0.15) is 22.7 Å². The second kappa shape index (κ2) is 5.54. The van der Waals surface area contributed by atoms with Gasteiger partial charge in [0.1, 0.15) is 0 Å². The summed E-state index contributed by atoms with van der Waals surface area (Å²) in [5.41, 5.74) is 3.75. The molecule has 0 bridgehead atoms. The van der Waals surface area contributed by atoms with Crippen LogP contribution in [0, 0.1) is 11.3 Å². The van der Waals surface area contributed by atoms with Crippen LogP contribution in [0.25, 0.3) is 0 Å². The summed E-state index contributed by atoms with van der Waals surface area (Å²) in [6.45, 7) is 1.23. The van der Waals surface area contributed by atoms with E-state index in [0.717, 1.165) is 5.69 Å². The lowest BCUT2D eigenvalue weighted by atomic mass is 9.99. The summed E-state index contributed by atoms with van der Waals surface area (Å²) in [5, 5.41) is 12.9. The maximum Gasteiger partial charge on any atom is 0.0992 e. The summed E-state index contributed by atoms with van der Waals surface area (Å²) in [6.07, 6.45) is 0. The van der Waals surface area contributed by atoms with Crippen molar-refractivity contribution in [2.24, 2.45) is 0 Å². The summed E-state index contributed by atoms with van der Waals surface area (Å²) in [5.74, 6) is 0. The van der Waals surface area contributed by atoms with Gasteiger partial charge in [0.2, 0.25) is 0 Å². The minimum atomic E-state index is 0.0476. The summed E-state index contributed by atoms with van der Waals surface area (Å²) < 4.78 is 5.61. The Labute approximate surface area is 122 Å². The molecule has 1 aliphatic heterocycles. The summed E-state index contributed by atoms with van der Waals surface area (Å²) >= 11 is 6.19. The zero-order chi connectivity index (χ0) is 13.9. The topological polar surface area (TPSA) is 45.0 Å². The van der Waals surface area contributed by atoms with Gasteiger partial charge in [-0.05, 0) is 29.3 Å². The highest BCUT2D eigenvalue weighted by Crippen LogP contribution is 2.31. The van der Waals surface area contributed by atoms with Crippen LogP contribution in [0.2, 0.25) is 5.02 Å². The van der Waals surface area contributed by atoms with E-state index in [1.807, 2.05) is 12.1 Å². The van der Waals surface area contributed by atoms with E-state index >= 15 is 0 Å². The fourth-order valence-corrected chi connectivity index (χ4v) is 2.57. The van der Waals surface area contributed by atoms with Gasteiger partial charge in [0, 0.05) is 0 Å². The smallest absolute Gasteiger partial charge is 0.0992 e. The molecule has 1 N–H and O–H groups in total. The Kier molecular flexibility index (Phi) is 3.60. The van der Waals surface area contributed by atoms with E-state index in [4.69, 9.17) is 21.6 Å². The number of nitriles is 1. The molecular formula is C16H13ClN2O. The monoisotopic (exact) mass is 284 g/mol. The average molecular weight is 285 g/mol. The molecule has 0 saturated carbocycles. The second-order valence-electron chi connectivity index (χ2n) is 4.72. The standard InChI is InChI=1S/C16H13ClN2O/c17-14-6-5-11(8-18)7-15(14)19-16-10-20-9-12-3-1-2-4-13(12)16/h1-7,16,19H,9-10H2. The SMILES string of the molecule is N#Cc1ccc(Cl)c(NC2COCc3ccccc32)c1. The predicted molar refractivity (Wildman–Crippen MR) is 78.6 cm³/mol. The highest BCUT2D eigenvalue weighted by atomic mass is 35.5. The molecule has 1 heterocycles. The van der Waals surface area contributed by atoms with Crippen molar-refractivity contribution in [3.8, 4) is 6.07 Å². The molecule has 0 saturated heterocycles. The molecule has 0 aliphatic carbocycles. The van der Waals surface area contributed by atoms with Gasteiger partial charge in [-0.15, -0.1) is 0 Å². The molecule has 4 heteroatoms. The van der Waals surface area contributed by atoms with Gasteiger partial charge < -0.3 is 10.1 Å². The van der Waals surface area contributed by atoms with E-state index in [1.165, 1.54) is 11.1 Å². The second-order valence-corrected chi connectivity index (χ2v) is 5.12. The van der Waals surface area contributed by atoms with Gasteiger partial charge in [-0.1, -0.05) is 35.9 Å². The Bertz CT molecular complexity index is 678. The van der Waals surface area contributed by atoms with Crippen molar-refractivity contribution in [1.82, 2.24) is 0 Å². The van der Waals surface area contributed by atoms with Crippen LogP contribution in [-0.4, -0.2) is 6.61 Å². The Morgan fingerprint density at radius 1 is 1.25 bits per heavy atom. The number of halogens is 1. The Balaban J connectivity index is 1.91. The lowest BCUT2D eigenvalue weighted by Gasteiger charge is -2.27. The van der Waals surface area contributed by atoms with Crippen LogP contribution < -0.4 is 5.32 Å². The quantitative estimate of drug-likeness (QED) is 0.910. The van der Waals surface area contributed by atoms with E-state index in [0.29, 0.717) is 23.8 Å². The minimum absolute atomic E-state index is 0.0476. The van der Waals surface area contributed by atoms with Crippen molar-refractivity contribution in [3.05, 3.63) is 64.2 Å². The van der Waals surface area contributed by atoms with E-state index in [-0.39, 0.29) is 6.04 Å². The summed E-state index contributed by atoms with van der Waals surface area (Å²) in [4.78, 5) is 0. The lowest BCUT2D eigenvalue weighted by Crippen LogP contribution is -2.23. The maximum atomic E-state index is 8.97. The molecule has 0 fully saturated rings. The number of nitrogens with one attached hydrogen (secondary N) is 1. The van der Waals surface area contributed by atoms with Gasteiger partial charge in [0.05, 0.1) is 41.6 Å². The Hall–Kier alpha value is -2.02. The molecule has 0 amide bonds. The first-order chi connectivity index (χ1) is 9.78. The molecule has 1 unspecified atom stereocenters. The number of nitrogens with zero attached hydrogens (tertiary/aromatic N) is 1. The molecule has 1 atom stereocenters. The molecular weight excluding hydrogens is 272 g/mol. The number of anilines is 1. The molecule has 100 valence electrons. The molecule has 20 heavy (non-hydrogen) atoms. The minimum Gasteiger partial charge on any atom is -0.375 e. The Morgan fingerprint density at radius 3 is 2.95 bits per heavy atom. The molecule has 3 rings (SSSR count). The van der Waals surface area contributed by atoms with Gasteiger partial charge in [0.25, 0.3) is 0 Å². The van der Waals surface area contributed by atoms with Crippen molar-refractivity contribution >= 4 is 17.3 Å². The predicted octanol–water partition coefficient (Wildman–Crippen LogP) is 3.90. The third-order valence-corrected chi connectivity index (χ3v) is 3.73. The van der Waals surface area contributed by atoms with E-state index in [1.54, 1.807) is 18.2 Å². The van der Waals surface area contributed by atoms with Gasteiger partial charge in [0.15, 0.2) is 0 Å². The van der Waals surface area contributed by atoms with Crippen molar-refractivity contribution in [3.63, 3.8) is 0 Å². The van der Waals surface area contributed by atoms with Gasteiger partial charge in [-0.3, -0.25) is 0 Å². The summed E-state index contributed by atoms with van der Waals surface area (Å²) in [7, 11) is 0. The van der Waals surface area contributed by atoms with Crippen LogP contribution in [0.15, 0.2) is 42.5 Å². The highest BCUT2D eigenvalue weighted by Gasteiger charge is 2.20. The molecule has 2 aromatic rings. The van der Waals surface area contributed by atoms with Gasteiger partial charge >= 0.3 is 0 Å². The van der Waals surface area contributed by atoms with E-state index in [9.17, 15) is 0 Å². The van der Waals surface area contributed by atoms with E-state index in [2.05, 4.69) is 23.5 Å². The molecule has 0 spiro atoms. The van der Waals surface area contributed by atoms with Crippen molar-refractivity contribution < 1.29 is 4.74 Å². The maximum absolute atomic E-state index is 8.97. The zero-order valence-corrected chi connectivity index (χ0v) is 11.5. The first-order valence-corrected chi connectivity index (χ1v) is 6.77. The van der Waals surface area contributed by atoms with Crippen LogP contribution in [0.4, 0.5) is 5.69 Å². The average Bonchev–Trinajstić information content (AvgIpc) is 2.50. The van der Waals surface area contributed by atoms with Gasteiger partial charge in [-0.2, -0.15) is 5.26 Å². The highest BCUT2D eigenvalue weighted by molar-refractivity contribution is 6.33. The van der Waals surface area contributed by atoms with E-state index < -0.39 is 0 Å². The number of rotatable bonds is 2. The number of hydrogen-bond donors (Lipinski definition) is 1. The van der Waals surface area contributed by atoms with Crippen LogP contribution in [-0.2, 0) is 11.3 Å². The zero-order valence-electron chi connectivity index (χ0n) is 10.8. The number of benzene rings is 2. The summed E-state index contributed by atoms with van der Waals surface area (Å²) in [6, 6.07) is 15.6. The fourth-order valence-electron chi connectivity index (χ4n) is 2.39. The first kappa shape index (κ1) is 13.0. The fraction of sp³-hybridized carbons (Fsp3) is 0.188. The van der Waals surface area contributed by atoms with Crippen molar-refractivity contribution in [1.29, 1.82) is 5.26 Å². The van der Waals surface area contributed by atoms with Crippen molar-refractivity contribution in [2.75, 3.05) is 11.9 Å². The van der Waals surface area contributed by atoms with Crippen molar-refractivity contribution in [2.45, 2.75) is 12.6 Å². The third kappa shape index (κ3) is 2.49. The first-order valence-electron chi connectivity index (χ1n) is 6.39. The molecule has 2 aromatic carbocycles. The number of fused-ring (bicyclic) bond motifs is 1. The number of ether oxygens (including phenoxy) is 1. The normalized spacial score (nSPS) is 17.1. The van der Waals surface area contributed by atoms with Crippen LogP contribution in [0.5, 0.6) is 0 Å². The lowest BCUT2D eigenvalue weighted by molar-refractivity contribution is 0.0970. The largest absolute Gasteiger partial charge is 0.375 e. The Morgan fingerprint density at radius 2 is 2.10 bits per heavy atom. The van der Waals surface area contributed by atoms with Gasteiger partial charge in [-0.25, -0.2) is 0 Å². The third-order valence-electron chi connectivity index (χ3n) is 3.40. The molecule has 0 aromatic heterocycles. The van der Waals surface area contributed by atoms with Crippen LogP contribution >= 0.6 is 11.6 Å². The number of hydrogen-bond acceptors (Lipinski definition) is 3. The van der Waals surface area contributed by atoms with Crippen LogP contribution in [0.3, 0.4) is 0 Å². The molecule has 0 radical (unpaired) electrons.